The van der Waals surface area contributed by atoms with Gasteiger partial charge in [0.15, 0.2) is 11.5 Å². The van der Waals surface area contributed by atoms with Crippen LogP contribution in [0, 0.1) is 0 Å². The normalized spacial score (nSPS) is 15.2. The maximum Gasteiger partial charge on any atom is 0.231 e. The summed E-state index contributed by atoms with van der Waals surface area (Å²) in [6, 6.07) is 4.25. The Bertz CT molecular complexity index is 532. The van der Waals surface area contributed by atoms with E-state index in [-0.39, 0.29) is 5.25 Å². The van der Waals surface area contributed by atoms with Gasteiger partial charge in [0.2, 0.25) is 6.79 Å². The molecule has 26 heavy (non-hydrogen) atoms. The van der Waals surface area contributed by atoms with Crippen molar-refractivity contribution in [3.05, 3.63) is 23.3 Å². The molecule has 1 aliphatic heterocycles. The second-order valence-electron chi connectivity index (χ2n) is 7.45. The van der Waals surface area contributed by atoms with Crippen LogP contribution in [0.5, 0.6) is 11.5 Å². The Balaban J connectivity index is 1.87. The smallest absolute Gasteiger partial charge is 0.231 e. The van der Waals surface area contributed by atoms with Gasteiger partial charge in [-0.15, -0.1) is 0 Å². The second-order valence-corrected chi connectivity index (χ2v) is 9.42. The van der Waals surface area contributed by atoms with Crippen molar-refractivity contribution in [1.29, 1.82) is 0 Å². The number of rotatable bonds is 13. The van der Waals surface area contributed by atoms with Crippen molar-refractivity contribution in [2.75, 3.05) is 12.5 Å². The standard InChI is InChI=1S/C22H36O3S/c1-4-6-8-9-10-11-13-26(23)18(3)14-20-16-22-21(24-17-25-22)15-19(20)12-7-5-2/h15-16,18H,4-14,17H2,1-3H3. The van der Waals surface area contributed by atoms with Crippen LogP contribution < -0.4 is 9.47 Å². The Hall–Kier alpha value is -0.870. The van der Waals surface area contributed by atoms with Gasteiger partial charge in [-0.1, -0.05) is 57.1 Å². The molecule has 2 rings (SSSR count). The van der Waals surface area contributed by atoms with E-state index >= 15 is 0 Å². The molecule has 148 valence electrons. The molecule has 3 nitrogen and oxygen atoms in total. The lowest BCUT2D eigenvalue weighted by Gasteiger charge is -2.20. The Kier molecular flexibility index (Phi) is 9.69. The van der Waals surface area contributed by atoms with E-state index in [0.29, 0.717) is 6.79 Å². The summed E-state index contributed by atoms with van der Waals surface area (Å²) in [5.41, 5.74) is 2.62. The Labute approximate surface area is 163 Å². The fourth-order valence-corrected chi connectivity index (χ4v) is 4.70. The van der Waals surface area contributed by atoms with Crippen molar-refractivity contribution in [1.82, 2.24) is 0 Å². The average Bonchev–Trinajstić information content (AvgIpc) is 3.09. The van der Waals surface area contributed by atoms with E-state index < -0.39 is 11.2 Å². The van der Waals surface area contributed by atoms with E-state index in [9.17, 15) is 4.55 Å². The van der Waals surface area contributed by atoms with Crippen LogP contribution in [-0.4, -0.2) is 22.3 Å². The first-order valence-corrected chi connectivity index (χ1v) is 11.8. The van der Waals surface area contributed by atoms with Gasteiger partial charge in [0.1, 0.15) is 11.0 Å². The topological polar surface area (TPSA) is 41.5 Å². The molecule has 0 bridgehead atoms. The van der Waals surface area contributed by atoms with Gasteiger partial charge < -0.3 is 14.0 Å². The van der Waals surface area contributed by atoms with Crippen LogP contribution in [0.1, 0.15) is 83.3 Å². The molecule has 0 saturated heterocycles. The van der Waals surface area contributed by atoms with E-state index in [2.05, 4.69) is 32.9 Å². The van der Waals surface area contributed by atoms with Crippen molar-refractivity contribution in [2.24, 2.45) is 0 Å². The molecule has 0 N–H and O–H groups in total. The van der Waals surface area contributed by atoms with Gasteiger partial charge >= 0.3 is 0 Å². The molecule has 1 aliphatic rings. The van der Waals surface area contributed by atoms with E-state index in [1.807, 2.05) is 0 Å². The zero-order valence-corrected chi connectivity index (χ0v) is 17.7. The van der Waals surface area contributed by atoms with Crippen molar-refractivity contribution in [2.45, 2.75) is 90.2 Å². The monoisotopic (exact) mass is 380 g/mol. The molecule has 4 heteroatoms. The van der Waals surface area contributed by atoms with Gasteiger partial charge in [-0.2, -0.15) is 0 Å². The summed E-state index contributed by atoms with van der Waals surface area (Å²) in [4.78, 5) is 0. The van der Waals surface area contributed by atoms with Crippen molar-refractivity contribution in [3.63, 3.8) is 0 Å². The van der Waals surface area contributed by atoms with Crippen LogP contribution >= 0.6 is 0 Å². The summed E-state index contributed by atoms with van der Waals surface area (Å²) in [6.45, 7) is 6.89. The van der Waals surface area contributed by atoms with E-state index in [0.717, 1.165) is 36.5 Å². The van der Waals surface area contributed by atoms with Crippen molar-refractivity contribution >= 4 is 11.2 Å². The molecule has 1 aromatic rings. The number of aryl methyl sites for hydroxylation is 1. The van der Waals surface area contributed by atoms with Crippen LogP contribution in [-0.2, 0) is 24.0 Å². The highest BCUT2D eigenvalue weighted by atomic mass is 32.2. The maximum atomic E-state index is 12.7. The van der Waals surface area contributed by atoms with Crippen LogP contribution in [0.15, 0.2) is 12.1 Å². The highest BCUT2D eigenvalue weighted by molar-refractivity contribution is 7.91. The maximum absolute atomic E-state index is 12.7. The minimum absolute atomic E-state index is 0.186. The third-order valence-electron chi connectivity index (χ3n) is 5.15. The van der Waals surface area contributed by atoms with Crippen LogP contribution in [0.3, 0.4) is 0 Å². The SMILES string of the molecule is CCCCCCCC[S+]([O-])C(C)Cc1cc2c(cc1CCCC)OCO2. The fourth-order valence-electron chi connectivity index (χ4n) is 3.44. The summed E-state index contributed by atoms with van der Waals surface area (Å²) in [6.07, 6.45) is 11.8. The number of hydrogen-bond acceptors (Lipinski definition) is 3. The van der Waals surface area contributed by atoms with Crippen molar-refractivity contribution in [3.8, 4) is 11.5 Å². The van der Waals surface area contributed by atoms with Crippen LogP contribution in [0.2, 0.25) is 0 Å². The molecule has 0 amide bonds. The molecule has 2 atom stereocenters. The average molecular weight is 381 g/mol. The van der Waals surface area contributed by atoms with Gasteiger partial charge in [0, 0.05) is 6.42 Å². The first-order chi connectivity index (χ1) is 12.7. The van der Waals surface area contributed by atoms with E-state index in [1.165, 1.54) is 56.1 Å². The molecular formula is C22H36O3S. The molecule has 1 heterocycles. The Morgan fingerprint density at radius 3 is 2.23 bits per heavy atom. The van der Waals surface area contributed by atoms with E-state index in [1.54, 1.807) is 0 Å². The summed E-state index contributed by atoms with van der Waals surface area (Å²) in [5, 5.41) is 0.186. The number of ether oxygens (including phenoxy) is 2. The molecular weight excluding hydrogens is 344 g/mol. The number of fused-ring (bicyclic) bond motifs is 1. The number of unbranched alkanes of at least 4 members (excludes halogenated alkanes) is 6. The molecule has 1 aromatic carbocycles. The van der Waals surface area contributed by atoms with Gasteiger partial charge in [0.05, 0.1) is 0 Å². The first-order valence-electron chi connectivity index (χ1n) is 10.4. The van der Waals surface area contributed by atoms with E-state index in [4.69, 9.17) is 9.47 Å². The summed E-state index contributed by atoms with van der Waals surface area (Å²) in [5.74, 6) is 2.54. The van der Waals surface area contributed by atoms with Crippen LogP contribution in [0.4, 0.5) is 0 Å². The van der Waals surface area contributed by atoms with Crippen molar-refractivity contribution < 1.29 is 14.0 Å². The Morgan fingerprint density at radius 2 is 1.54 bits per heavy atom. The predicted molar refractivity (Wildman–Crippen MR) is 111 cm³/mol. The predicted octanol–water partition coefficient (Wildman–Crippen LogP) is 5.80. The molecule has 0 aromatic heterocycles. The largest absolute Gasteiger partial charge is 0.616 e. The minimum Gasteiger partial charge on any atom is -0.616 e. The summed E-state index contributed by atoms with van der Waals surface area (Å²) >= 11 is -0.757. The quantitative estimate of drug-likeness (QED) is 0.321. The third-order valence-corrected chi connectivity index (χ3v) is 6.90. The molecule has 0 radical (unpaired) electrons. The molecule has 0 fully saturated rings. The summed E-state index contributed by atoms with van der Waals surface area (Å²) < 4.78 is 23.7. The highest BCUT2D eigenvalue weighted by Crippen LogP contribution is 2.36. The number of benzene rings is 1. The number of hydrogen-bond donors (Lipinski definition) is 0. The molecule has 0 spiro atoms. The fraction of sp³-hybridized carbons (Fsp3) is 0.727. The lowest BCUT2D eigenvalue weighted by molar-refractivity contribution is 0.174. The summed E-state index contributed by atoms with van der Waals surface area (Å²) in [7, 11) is 0. The lowest BCUT2D eigenvalue weighted by Crippen LogP contribution is -2.24. The van der Waals surface area contributed by atoms with Gasteiger partial charge in [-0.3, -0.25) is 0 Å². The molecule has 0 aliphatic carbocycles. The molecule has 2 unspecified atom stereocenters. The molecule has 0 saturated carbocycles. The minimum atomic E-state index is -0.757. The lowest BCUT2D eigenvalue weighted by atomic mass is 9.98. The van der Waals surface area contributed by atoms with Crippen LogP contribution in [0.25, 0.3) is 0 Å². The zero-order chi connectivity index (χ0) is 18.8. The Morgan fingerprint density at radius 1 is 0.923 bits per heavy atom. The van der Waals surface area contributed by atoms with Gasteiger partial charge in [0.25, 0.3) is 0 Å². The first kappa shape index (κ1) is 21.4. The second kappa shape index (κ2) is 11.8. The third kappa shape index (κ3) is 6.70. The van der Waals surface area contributed by atoms with Gasteiger partial charge in [-0.05, 0) is 55.9 Å². The zero-order valence-electron chi connectivity index (χ0n) is 16.9. The highest BCUT2D eigenvalue weighted by Gasteiger charge is 2.22. The van der Waals surface area contributed by atoms with Gasteiger partial charge in [-0.25, -0.2) is 0 Å².